The number of esters is 1. The quantitative estimate of drug-likeness (QED) is 0.618. The molecule has 0 amide bonds. The van der Waals surface area contributed by atoms with E-state index in [1.807, 2.05) is 0 Å². The molecule has 2 rings (SSSR count). The van der Waals surface area contributed by atoms with Gasteiger partial charge in [0.25, 0.3) is 0 Å². The van der Waals surface area contributed by atoms with Crippen molar-refractivity contribution in [3.05, 3.63) is 0 Å². The smallest absolute Gasteiger partial charge is 0.302 e. The highest BCUT2D eigenvalue weighted by Gasteiger charge is 2.37. The van der Waals surface area contributed by atoms with Crippen LogP contribution in [0, 0.1) is 5.92 Å². The standard InChI is InChI=1S/C10H17NO2/c1-7(12)13-10-5-6-11-9-4-2-3-8(9)10/h8-11H,2-6H2,1H3/t8-,9+,10-/m0/s1. The molecule has 2 fully saturated rings. The molecule has 0 unspecified atom stereocenters. The van der Waals surface area contributed by atoms with Crippen molar-refractivity contribution in [2.45, 2.75) is 44.8 Å². The summed E-state index contributed by atoms with van der Waals surface area (Å²) in [6.45, 7) is 2.51. The van der Waals surface area contributed by atoms with Gasteiger partial charge in [0.15, 0.2) is 0 Å². The first kappa shape index (κ1) is 9.00. The summed E-state index contributed by atoms with van der Waals surface area (Å²) in [5, 5.41) is 3.49. The highest BCUT2D eigenvalue weighted by molar-refractivity contribution is 5.66. The summed E-state index contributed by atoms with van der Waals surface area (Å²) in [6, 6.07) is 0.609. The SMILES string of the molecule is CC(=O)O[C@H]1CCN[C@@H]2CCC[C@H]12. The molecule has 3 heteroatoms. The molecule has 3 nitrogen and oxygen atoms in total. The molecule has 0 radical (unpaired) electrons. The summed E-state index contributed by atoms with van der Waals surface area (Å²) in [6.07, 6.45) is 4.92. The molecule has 1 saturated heterocycles. The molecule has 0 aromatic rings. The van der Waals surface area contributed by atoms with Crippen LogP contribution in [-0.2, 0) is 9.53 Å². The maximum absolute atomic E-state index is 10.9. The lowest BCUT2D eigenvalue weighted by atomic mass is 9.91. The zero-order valence-corrected chi connectivity index (χ0v) is 8.08. The fraction of sp³-hybridized carbons (Fsp3) is 0.900. The van der Waals surface area contributed by atoms with Gasteiger partial charge in [-0.3, -0.25) is 4.79 Å². The zero-order valence-electron chi connectivity index (χ0n) is 8.08. The van der Waals surface area contributed by atoms with Crippen LogP contribution in [0.25, 0.3) is 0 Å². The Morgan fingerprint density at radius 1 is 1.38 bits per heavy atom. The van der Waals surface area contributed by atoms with E-state index < -0.39 is 0 Å². The molecule has 2 aliphatic rings. The summed E-state index contributed by atoms with van der Waals surface area (Å²) in [7, 11) is 0. The number of rotatable bonds is 1. The van der Waals surface area contributed by atoms with Crippen LogP contribution in [0.1, 0.15) is 32.6 Å². The number of piperidine rings is 1. The van der Waals surface area contributed by atoms with Crippen LogP contribution in [0.3, 0.4) is 0 Å². The van der Waals surface area contributed by atoms with Gasteiger partial charge in [0, 0.05) is 18.9 Å². The average molecular weight is 183 g/mol. The van der Waals surface area contributed by atoms with Gasteiger partial charge in [-0.15, -0.1) is 0 Å². The van der Waals surface area contributed by atoms with E-state index in [9.17, 15) is 4.79 Å². The Morgan fingerprint density at radius 2 is 2.23 bits per heavy atom. The van der Waals surface area contributed by atoms with Crippen molar-refractivity contribution in [3.63, 3.8) is 0 Å². The predicted octanol–water partition coefficient (Wildman–Crippen LogP) is 1.08. The molecule has 1 heterocycles. The number of ether oxygens (including phenoxy) is 1. The van der Waals surface area contributed by atoms with Crippen molar-refractivity contribution in [3.8, 4) is 0 Å². The zero-order chi connectivity index (χ0) is 9.26. The third-order valence-corrected chi connectivity index (χ3v) is 3.20. The highest BCUT2D eigenvalue weighted by atomic mass is 16.5. The van der Waals surface area contributed by atoms with Gasteiger partial charge in [-0.05, 0) is 25.8 Å². The van der Waals surface area contributed by atoms with Crippen LogP contribution in [0.4, 0.5) is 0 Å². The first-order valence-corrected chi connectivity index (χ1v) is 5.18. The molecule has 3 atom stereocenters. The Bertz CT molecular complexity index is 205. The van der Waals surface area contributed by atoms with Crippen LogP contribution >= 0.6 is 0 Å². The highest BCUT2D eigenvalue weighted by Crippen LogP contribution is 2.33. The van der Waals surface area contributed by atoms with Crippen LogP contribution in [0.2, 0.25) is 0 Å². The Labute approximate surface area is 78.8 Å². The first-order chi connectivity index (χ1) is 6.27. The van der Waals surface area contributed by atoms with E-state index in [0.29, 0.717) is 12.0 Å². The van der Waals surface area contributed by atoms with Crippen LogP contribution in [-0.4, -0.2) is 24.7 Å². The minimum absolute atomic E-state index is 0.127. The lowest BCUT2D eigenvalue weighted by molar-refractivity contribution is -0.150. The van der Waals surface area contributed by atoms with Gasteiger partial charge < -0.3 is 10.1 Å². The predicted molar refractivity (Wildman–Crippen MR) is 49.3 cm³/mol. The normalized spacial score (nSPS) is 38.4. The molecule has 0 aromatic heterocycles. The van der Waals surface area contributed by atoms with E-state index in [-0.39, 0.29) is 12.1 Å². The van der Waals surface area contributed by atoms with Gasteiger partial charge in [-0.1, -0.05) is 6.42 Å². The van der Waals surface area contributed by atoms with E-state index in [4.69, 9.17) is 4.74 Å². The largest absolute Gasteiger partial charge is 0.462 e. The van der Waals surface area contributed by atoms with Crippen molar-refractivity contribution in [1.82, 2.24) is 5.32 Å². The molecule has 74 valence electrons. The van der Waals surface area contributed by atoms with Gasteiger partial charge in [-0.2, -0.15) is 0 Å². The van der Waals surface area contributed by atoms with Gasteiger partial charge in [-0.25, -0.2) is 0 Å². The van der Waals surface area contributed by atoms with Crippen molar-refractivity contribution in [2.75, 3.05) is 6.54 Å². The van der Waals surface area contributed by atoms with Gasteiger partial charge >= 0.3 is 5.97 Å². The average Bonchev–Trinajstić information content (AvgIpc) is 2.51. The van der Waals surface area contributed by atoms with Crippen molar-refractivity contribution >= 4 is 5.97 Å². The number of nitrogens with one attached hydrogen (secondary N) is 1. The molecule has 0 bridgehead atoms. The van der Waals surface area contributed by atoms with Crippen LogP contribution in [0.5, 0.6) is 0 Å². The number of carbonyl (C=O) groups is 1. The third-order valence-electron chi connectivity index (χ3n) is 3.20. The molecule has 13 heavy (non-hydrogen) atoms. The lowest BCUT2D eigenvalue weighted by Crippen LogP contribution is -2.46. The molecule has 1 aliphatic carbocycles. The third kappa shape index (κ3) is 1.85. The molecule has 0 aromatic carbocycles. The maximum Gasteiger partial charge on any atom is 0.302 e. The molecule has 1 aliphatic heterocycles. The van der Waals surface area contributed by atoms with E-state index in [2.05, 4.69) is 5.32 Å². The summed E-state index contributed by atoms with van der Waals surface area (Å²) >= 11 is 0. The molecule has 0 spiro atoms. The fourth-order valence-corrected chi connectivity index (χ4v) is 2.67. The van der Waals surface area contributed by atoms with Crippen LogP contribution in [0.15, 0.2) is 0 Å². The summed E-state index contributed by atoms with van der Waals surface area (Å²) in [5.41, 5.74) is 0. The number of fused-ring (bicyclic) bond motifs is 1. The number of carbonyl (C=O) groups excluding carboxylic acids is 1. The lowest BCUT2D eigenvalue weighted by Gasteiger charge is -2.33. The van der Waals surface area contributed by atoms with E-state index >= 15 is 0 Å². The maximum atomic E-state index is 10.9. The Hall–Kier alpha value is -0.570. The monoisotopic (exact) mass is 183 g/mol. The van der Waals surface area contributed by atoms with Gasteiger partial charge in [0.1, 0.15) is 6.10 Å². The first-order valence-electron chi connectivity index (χ1n) is 5.18. The topological polar surface area (TPSA) is 38.3 Å². The second-order valence-electron chi connectivity index (χ2n) is 4.09. The van der Waals surface area contributed by atoms with Gasteiger partial charge in [0.05, 0.1) is 0 Å². The second kappa shape index (κ2) is 3.66. The van der Waals surface area contributed by atoms with E-state index in [1.54, 1.807) is 0 Å². The minimum Gasteiger partial charge on any atom is -0.462 e. The Balaban J connectivity index is 1.97. The summed E-state index contributed by atoms with van der Waals surface area (Å²) in [5.74, 6) is 0.454. The van der Waals surface area contributed by atoms with Crippen molar-refractivity contribution < 1.29 is 9.53 Å². The van der Waals surface area contributed by atoms with Crippen molar-refractivity contribution in [2.24, 2.45) is 5.92 Å². The van der Waals surface area contributed by atoms with Crippen LogP contribution < -0.4 is 5.32 Å². The fourth-order valence-electron chi connectivity index (χ4n) is 2.67. The Morgan fingerprint density at radius 3 is 3.00 bits per heavy atom. The molecule has 1 N–H and O–H groups in total. The van der Waals surface area contributed by atoms with E-state index in [0.717, 1.165) is 13.0 Å². The van der Waals surface area contributed by atoms with E-state index in [1.165, 1.54) is 26.2 Å². The molecule has 1 saturated carbocycles. The van der Waals surface area contributed by atoms with Gasteiger partial charge in [0.2, 0.25) is 0 Å². The summed E-state index contributed by atoms with van der Waals surface area (Å²) in [4.78, 5) is 10.9. The molecular weight excluding hydrogens is 166 g/mol. The molecular formula is C10H17NO2. The minimum atomic E-state index is -0.127. The van der Waals surface area contributed by atoms with Crippen molar-refractivity contribution in [1.29, 1.82) is 0 Å². The second-order valence-corrected chi connectivity index (χ2v) is 4.09. The Kier molecular flexibility index (Phi) is 2.54. The number of hydrogen-bond acceptors (Lipinski definition) is 3. The number of hydrogen-bond donors (Lipinski definition) is 1. The summed E-state index contributed by atoms with van der Waals surface area (Å²) < 4.78 is 5.33.